The Morgan fingerprint density at radius 3 is 2.67 bits per heavy atom. The summed E-state index contributed by atoms with van der Waals surface area (Å²) in [5, 5.41) is 12.9. The third-order valence-electron chi connectivity index (χ3n) is 2.19. The Kier molecular flexibility index (Phi) is 4.32. The molecule has 0 aliphatic rings. The van der Waals surface area contributed by atoms with Crippen LogP contribution in [0.3, 0.4) is 0 Å². The summed E-state index contributed by atoms with van der Waals surface area (Å²) in [5.41, 5.74) is 0.550. The zero-order valence-electron chi connectivity index (χ0n) is 9.42. The molecule has 2 N–H and O–H groups in total. The van der Waals surface area contributed by atoms with Gasteiger partial charge in [0.2, 0.25) is 0 Å². The van der Waals surface area contributed by atoms with E-state index in [0.717, 1.165) is 4.47 Å². The molecule has 2 nitrogen and oxygen atoms in total. The molecule has 1 rings (SSSR count). The van der Waals surface area contributed by atoms with Crippen molar-refractivity contribution >= 4 is 15.9 Å². The molecule has 0 aliphatic carbocycles. The third-order valence-corrected chi connectivity index (χ3v) is 2.68. The van der Waals surface area contributed by atoms with Crippen LogP contribution in [0.2, 0.25) is 0 Å². The van der Waals surface area contributed by atoms with Crippen molar-refractivity contribution in [2.75, 3.05) is 6.54 Å². The molecule has 0 amide bonds. The molecule has 0 spiro atoms. The van der Waals surface area contributed by atoms with Crippen LogP contribution in [0.15, 0.2) is 28.7 Å². The molecule has 1 aromatic carbocycles. The fraction of sp³-hybridized carbons (Fsp3) is 0.500. The smallest absolute Gasteiger partial charge is 0.0715 e. The van der Waals surface area contributed by atoms with Crippen molar-refractivity contribution in [1.29, 1.82) is 0 Å². The second-order valence-corrected chi connectivity index (χ2v) is 5.39. The van der Waals surface area contributed by atoms with Crippen molar-refractivity contribution in [1.82, 2.24) is 5.32 Å². The van der Waals surface area contributed by atoms with E-state index in [1.165, 1.54) is 5.56 Å². The molecule has 1 atom stereocenters. The van der Waals surface area contributed by atoms with Crippen LogP contribution in [0.5, 0.6) is 0 Å². The Morgan fingerprint density at radius 1 is 1.47 bits per heavy atom. The Morgan fingerprint density at radius 2 is 2.13 bits per heavy atom. The number of rotatable bonds is 4. The summed E-state index contributed by atoms with van der Waals surface area (Å²) in [6.45, 7) is 6.27. The topological polar surface area (TPSA) is 32.3 Å². The number of benzene rings is 1. The molecule has 3 heteroatoms. The minimum absolute atomic E-state index is 0.244. The van der Waals surface area contributed by atoms with Crippen molar-refractivity contribution < 1.29 is 5.11 Å². The van der Waals surface area contributed by atoms with Crippen molar-refractivity contribution in [3.8, 4) is 0 Å². The Balaban J connectivity index is 2.58. The van der Waals surface area contributed by atoms with Crippen LogP contribution in [-0.4, -0.2) is 17.3 Å². The van der Waals surface area contributed by atoms with E-state index in [2.05, 4.69) is 40.3 Å². The van der Waals surface area contributed by atoms with Crippen LogP contribution in [0.25, 0.3) is 0 Å². The normalized spacial score (nSPS) is 13.9. The van der Waals surface area contributed by atoms with Crippen molar-refractivity contribution in [3.05, 3.63) is 34.3 Å². The third kappa shape index (κ3) is 4.78. The van der Waals surface area contributed by atoms with Gasteiger partial charge < -0.3 is 10.4 Å². The molecule has 0 aliphatic heterocycles. The van der Waals surface area contributed by atoms with Gasteiger partial charge in [-0.2, -0.15) is 0 Å². The van der Waals surface area contributed by atoms with Gasteiger partial charge >= 0.3 is 0 Å². The lowest BCUT2D eigenvalue weighted by molar-refractivity contribution is 0.0770. The highest BCUT2D eigenvalue weighted by atomic mass is 79.9. The highest BCUT2D eigenvalue weighted by molar-refractivity contribution is 9.10. The molecule has 0 saturated carbocycles. The first-order valence-electron chi connectivity index (χ1n) is 5.10. The van der Waals surface area contributed by atoms with E-state index in [4.69, 9.17) is 0 Å². The number of halogens is 1. The second-order valence-electron chi connectivity index (χ2n) is 4.47. The molecule has 0 heterocycles. The summed E-state index contributed by atoms with van der Waals surface area (Å²) in [6, 6.07) is 8.43. The predicted molar refractivity (Wildman–Crippen MR) is 66.9 cm³/mol. The maximum atomic E-state index is 9.60. The van der Waals surface area contributed by atoms with Gasteiger partial charge in [-0.3, -0.25) is 0 Å². The predicted octanol–water partition coefficient (Wildman–Crippen LogP) is 2.87. The summed E-state index contributed by atoms with van der Waals surface area (Å²) in [6.07, 6.45) is 0. The highest BCUT2D eigenvalue weighted by Crippen LogP contribution is 2.18. The average molecular weight is 272 g/mol. The van der Waals surface area contributed by atoms with E-state index in [0.29, 0.717) is 6.54 Å². The standard InChI is InChI=1S/C12H18BrNO/c1-9(14-8-12(2,3)15)10-5-4-6-11(13)7-10/h4-7,9,14-15H,8H2,1-3H3. The van der Waals surface area contributed by atoms with E-state index in [1.54, 1.807) is 13.8 Å². The number of hydrogen-bond acceptors (Lipinski definition) is 2. The summed E-state index contributed by atoms with van der Waals surface area (Å²) < 4.78 is 1.08. The van der Waals surface area contributed by atoms with E-state index >= 15 is 0 Å². The van der Waals surface area contributed by atoms with Gasteiger partial charge in [-0.25, -0.2) is 0 Å². The van der Waals surface area contributed by atoms with E-state index < -0.39 is 5.60 Å². The largest absolute Gasteiger partial charge is 0.389 e. The highest BCUT2D eigenvalue weighted by Gasteiger charge is 2.14. The van der Waals surface area contributed by atoms with Gasteiger partial charge in [-0.1, -0.05) is 28.1 Å². The van der Waals surface area contributed by atoms with Gasteiger partial charge in [0.25, 0.3) is 0 Å². The fourth-order valence-electron chi connectivity index (χ4n) is 1.30. The van der Waals surface area contributed by atoms with Gasteiger partial charge in [0, 0.05) is 17.1 Å². The van der Waals surface area contributed by atoms with Gasteiger partial charge in [-0.05, 0) is 38.5 Å². The zero-order chi connectivity index (χ0) is 11.5. The number of hydrogen-bond donors (Lipinski definition) is 2. The number of aliphatic hydroxyl groups is 1. The number of nitrogens with one attached hydrogen (secondary N) is 1. The quantitative estimate of drug-likeness (QED) is 0.883. The van der Waals surface area contributed by atoms with Gasteiger partial charge in [0.1, 0.15) is 0 Å². The molecule has 84 valence electrons. The summed E-state index contributed by atoms with van der Waals surface area (Å²) in [7, 11) is 0. The average Bonchev–Trinajstić information content (AvgIpc) is 2.13. The van der Waals surface area contributed by atoms with Crippen molar-refractivity contribution in [3.63, 3.8) is 0 Å². The first-order chi connectivity index (χ1) is 6.88. The lowest BCUT2D eigenvalue weighted by Gasteiger charge is -2.22. The maximum absolute atomic E-state index is 9.60. The Hall–Kier alpha value is -0.380. The first-order valence-corrected chi connectivity index (χ1v) is 5.89. The SMILES string of the molecule is CC(NCC(C)(C)O)c1cccc(Br)c1. The van der Waals surface area contributed by atoms with Crippen molar-refractivity contribution in [2.24, 2.45) is 0 Å². The summed E-state index contributed by atoms with van der Waals surface area (Å²) in [4.78, 5) is 0. The molecule has 0 aromatic heterocycles. The first kappa shape index (κ1) is 12.7. The minimum Gasteiger partial charge on any atom is -0.389 e. The van der Waals surface area contributed by atoms with Crippen LogP contribution in [0, 0.1) is 0 Å². The molecule has 1 aromatic rings. The van der Waals surface area contributed by atoms with Crippen LogP contribution in [0.4, 0.5) is 0 Å². The monoisotopic (exact) mass is 271 g/mol. The van der Waals surface area contributed by atoms with E-state index in [1.807, 2.05) is 12.1 Å². The summed E-state index contributed by atoms with van der Waals surface area (Å²) >= 11 is 3.44. The molecular formula is C12H18BrNO. The molecule has 1 unspecified atom stereocenters. The van der Waals surface area contributed by atoms with E-state index in [9.17, 15) is 5.11 Å². The fourth-order valence-corrected chi connectivity index (χ4v) is 1.71. The minimum atomic E-state index is -0.666. The lowest BCUT2D eigenvalue weighted by atomic mass is 10.1. The van der Waals surface area contributed by atoms with Gasteiger partial charge in [0.05, 0.1) is 5.60 Å². The van der Waals surface area contributed by atoms with Crippen LogP contribution < -0.4 is 5.32 Å². The van der Waals surface area contributed by atoms with Crippen LogP contribution in [-0.2, 0) is 0 Å². The van der Waals surface area contributed by atoms with Crippen LogP contribution >= 0.6 is 15.9 Å². The van der Waals surface area contributed by atoms with Gasteiger partial charge in [-0.15, -0.1) is 0 Å². The molecular weight excluding hydrogens is 254 g/mol. The van der Waals surface area contributed by atoms with Gasteiger partial charge in [0.15, 0.2) is 0 Å². The lowest BCUT2D eigenvalue weighted by Crippen LogP contribution is -2.36. The Bertz CT molecular complexity index is 320. The molecule has 0 bridgehead atoms. The second kappa shape index (κ2) is 5.10. The molecule has 0 fully saturated rings. The van der Waals surface area contributed by atoms with E-state index in [-0.39, 0.29) is 6.04 Å². The van der Waals surface area contributed by atoms with Crippen molar-refractivity contribution in [2.45, 2.75) is 32.4 Å². The Labute approximate surface area is 99.8 Å². The maximum Gasteiger partial charge on any atom is 0.0715 e. The molecule has 15 heavy (non-hydrogen) atoms. The van der Waals surface area contributed by atoms with Crippen LogP contribution in [0.1, 0.15) is 32.4 Å². The summed E-state index contributed by atoms with van der Waals surface area (Å²) in [5.74, 6) is 0. The molecule has 0 saturated heterocycles. The zero-order valence-corrected chi connectivity index (χ0v) is 11.0. The molecule has 0 radical (unpaired) electrons.